The largest absolute Gasteiger partial charge is 0.478 e. The zero-order chi connectivity index (χ0) is 10.6. The molecule has 0 aromatic heterocycles. The van der Waals surface area contributed by atoms with Gasteiger partial charge in [0, 0.05) is 5.71 Å². The Hall–Kier alpha value is -1.84. The van der Waals surface area contributed by atoms with Crippen molar-refractivity contribution in [3.8, 4) is 0 Å². The molecule has 0 fully saturated rings. The number of nitrogens with zero attached hydrogens (tertiary/aromatic N) is 1. The van der Waals surface area contributed by atoms with Crippen molar-refractivity contribution in [1.29, 1.82) is 0 Å². The van der Waals surface area contributed by atoms with Crippen LogP contribution in [0.5, 0.6) is 0 Å². The smallest absolute Gasteiger partial charge is 0.335 e. The minimum atomic E-state index is -0.924. The van der Waals surface area contributed by atoms with Crippen LogP contribution < -0.4 is 5.43 Å². The van der Waals surface area contributed by atoms with Crippen molar-refractivity contribution in [2.75, 3.05) is 5.43 Å². The molecule has 0 bridgehead atoms. The third-order valence-corrected chi connectivity index (χ3v) is 1.54. The van der Waals surface area contributed by atoms with E-state index in [-0.39, 0.29) is 5.56 Å². The third kappa shape index (κ3) is 2.90. The molecule has 0 aliphatic heterocycles. The molecule has 1 rings (SSSR count). The average molecular weight is 192 g/mol. The molecular weight excluding hydrogens is 180 g/mol. The standard InChI is InChI=1S/C10H12N2O2/c1-7(2)11-12-9-5-3-8(4-6-9)10(13)14/h3-6,12H,1-2H3,(H,13,14). The molecule has 2 N–H and O–H groups in total. The number of carboxylic acid groups (broad SMARTS) is 1. The van der Waals surface area contributed by atoms with Crippen LogP contribution >= 0.6 is 0 Å². The summed E-state index contributed by atoms with van der Waals surface area (Å²) >= 11 is 0. The molecule has 1 aromatic carbocycles. The van der Waals surface area contributed by atoms with Gasteiger partial charge in [-0.1, -0.05) is 0 Å². The fourth-order valence-electron chi connectivity index (χ4n) is 0.864. The molecule has 4 nitrogen and oxygen atoms in total. The monoisotopic (exact) mass is 192 g/mol. The number of nitrogens with one attached hydrogen (secondary N) is 1. The van der Waals surface area contributed by atoms with E-state index in [1.165, 1.54) is 12.1 Å². The number of hydrogen-bond acceptors (Lipinski definition) is 3. The number of carbonyl (C=O) groups is 1. The number of benzene rings is 1. The number of rotatable bonds is 3. The first-order chi connectivity index (χ1) is 6.59. The summed E-state index contributed by atoms with van der Waals surface area (Å²) in [5, 5.41) is 12.6. The van der Waals surface area contributed by atoms with E-state index in [4.69, 9.17) is 5.11 Å². The molecule has 0 amide bonds. The Morgan fingerprint density at radius 3 is 2.29 bits per heavy atom. The molecule has 1 aromatic rings. The van der Waals surface area contributed by atoms with Crippen LogP contribution in [0.2, 0.25) is 0 Å². The highest BCUT2D eigenvalue weighted by atomic mass is 16.4. The lowest BCUT2D eigenvalue weighted by atomic mass is 10.2. The Morgan fingerprint density at radius 1 is 1.29 bits per heavy atom. The van der Waals surface area contributed by atoms with Gasteiger partial charge in [-0.2, -0.15) is 5.10 Å². The van der Waals surface area contributed by atoms with Gasteiger partial charge in [0.2, 0.25) is 0 Å². The SMILES string of the molecule is CC(C)=NNc1ccc(C(=O)O)cc1. The van der Waals surface area contributed by atoms with E-state index >= 15 is 0 Å². The molecule has 0 unspecified atom stereocenters. The highest BCUT2D eigenvalue weighted by molar-refractivity contribution is 5.88. The summed E-state index contributed by atoms with van der Waals surface area (Å²) in [5.74, 6) is -0.924. The van der Waals surface area contributed by atoms with Gasteiger partial charge in [-0.25, -0.2) is 4.79 Å². The van der Waals surface area contributed by atoms with Gasteiger partial charge in [0.25, 0.3) is 0 Å². The highest BCUT2D eigenvalue weighted by Gasteiger charge is 2.00. The van der Waals surface area contributed by atoms with E-state index in [9.17, 15) is 4.79 Å². The number of anilines is 1. The van der Waals surface area contributed by atoms with Crippen molar-refractivity contribution >= 4 is 17.4 Å². The summed E-state index contributed by atoms with van der Waals surface area (Å²) in [5.41, 5.74) is 4.76. The van der Waals surface area contributed by atoms with E-state index < -0.39 is 5.97 Å². The molecule has 0 aliphatic rings. The Morgan fingerprint density at radius 2 is 1.86 bits per heavy atom. The minimum absolute atomic E-state index is 0.271. The lowest BCUT2D eigenvalue weighted by molar-refractivity contribution is 0.0697. The first kappa shape index (κ1) is 10.2. The first-order valence-corrected chi connectivity index (χ1v) is 4.20. The average Bonchev–Trinajstić information content (AvgIpc) is 2.15. The Labute approximate surface area is 82.3 Å². The van der Waals surface area contributed by atoms with Gasteiger partial charge < -0.3 is 5.11 Å². The molecule has 0 atom stereocenters. The Kier molecular flexibility index (Phi) is 3.23. The number of aromatic carboxylic acids is 1. The van der Waals surface area contributed by atoms with Crippen LogP contribution in [0, 0.1) is 0 Å². The van der Waals surface area contributed by atoms with Crippen molar-refractivity contribution in [3.05, 3.63) is 29.8 Å². The van der Waals surface area contributed by atoms with E-state index in [1.54, 1.807) is 12.1 Å². The maximum absolute atomic E-state index is 10.5. The van der Waals surface area contributed by atoms with E-state index in [0.29, 0.717) is 0 Å². The molecule has 0 radical (unpaired) electrons. The van der Waals surface area contributed by atoms with E-state index in [1.807, 2.05) is 13.8 Å². The Bertz CT molecular complexity index is 351. The third-order valence-electron chi connectivity index (χ3n) is 1.54. The van der Waals surface area contributed by atoms with Crippen LogP contribution in [0.25, 0.3) is 0 Å². The molecule has 0 saturated heterocycles. The zero-order valence-electron chi connectivity index (χ0n) is 8.11. The van der Waals surface area contributed by atoms with Crippen LogP contribution in [-0.2, 0) is 0 Å². The van der Waals surface area contributed by atoms with Crippen molar-refractivity contribution in [3.63, 3.8) is 0 Å². The van der Waals surface area contributed by atoms with E-state index in [2.05, 4.69) is 10.5 Å². The maximum Gasteiger partial charge on any atom is 0.335 e. The second kappa shape index (κ2) is 4.41. The van der Waals surface area contributed by atoms with Gasteiger partial charge in [0.05, 0.1) is 11.3 Å². The highest BCUT2D eigenvalue weighted by Crippen LogP contribution is 2.09. The predicted molar refractivity (Wildman–Crippen MR) is 55.8 cm³/mol. The van der Waals surface area contributed by atoms with Gasteiger partial charge in [0.15, 0.2) is 0 Å². The van der Waals surface area contributed by atoms with Gasteiger partial charge >= 0.3 is 5.97 Å². The van der Waals surface area contributed by atoms with Crippen molar-refractivity contribution in [2.24, 2.45) is 5.10 Å². The molecule has 0 spiro atoms. The molecule has 0 aliphatic carbocycles. The maximum atomic E-state index is 10.5. The number of hydrazone groups is 1. The molecule has 0 saturated carbocycles. The van der Waals surface area contributed by atoms with Gasteiger partial charge in [-0.05, 0) is 38.1 Å². The molecule has 14 heavy (non-hydrogen) atoms. The van der Waals surface area contributed by atoms with Crippen LogP contribution in [0.3, 0.4) is 0 Å². The summed E-state index contributed by atoms with van der Waals surface area (Å²) in [6, 6.07) is 6.42. The summed E-state index contributed by atoms with van der Waals surface area (Å²) < 4.78 is 0. The minimum Gasteiger partial charge on any atom is -0.478 e. The van der Waals surface area contributed by atoms with Gasteiger partial charge in [0.1, 0.15) is 0 Å². The molecule has 0 heterocycles. The van der Waals surface area contributed by atoms with Gasteiger partial charge in [-0.15, -0.1) is 0 Å². The fourth-order valence-corrected chi connectivity index (χ4v) is 0.864. The summed E-state index contributed by atoms with van der Waals surface area (Å²) in [4.78, 5) is 10.5. The second-order valence-electron chi connectivity index (χ2n) is 3.05. The van der Waals surface area contributed by atoms with E-state index in [0.717, 1.165) is 11.4 Å². The van der Waals surface area contributed by atoms with Gasteiger partial charge in [-0.3, -0.25) is 5.43 Å². The topological polar surface area (TPSA) is 61.7 Å². The normalized spacial score (nSPS) is 9.29. The zero-order valence-corrected chi connectivity index (χ0v) is 8.11. The van der Waals surface area contributed by atoms with Crippen LogP contribution in [0.4, 0.5) is 5.69 Å². The van der Waals surface area contributed by atoms with Crippen molar-refractivity contribution in [2.45, 2.75) is 13.8 Å². The second-order valence-corrected chi connectivity index (χ2v) is 3.05. The van der Waals surface area contributed by atoms with Crippen LogP contribution in [0.15, 0.2) is 29.4 Å². The molecule has 4 heteroatoms. The fraction of sp³-hybridized carbons (Fsp3) is 0.200. The lowest BCUT2D eigenvalue weighted by Crippen LogP contribution is -1.97. The van der Waals surface area contributed by atoms with Crippen molar-refractivity contribution < 1.29 is 9.90 Å². The summed E-state index contributed by atoms with van der Waals surface area (Å²) in [6.07, 6.45) is 0. The van der Waals surface area contributed by atoms with Crippen LogP contribution in [-0.4, -0.2) is 16.8 Å². The molecular formula is C10H12N2O2. The first-order valence-electron chi connectivity index (χ1n) is 4.20. The lowest BCUT2D eigenvalue weighted by Gasteiger charge is -2.00. The summed E-state index contributed by atoms with van der Waals surface area (Å²) in [6.45, 7) is 3.75. The predicted octanol–water partition coefficient (Wildman–Crippen LogP) is 2.19. The number of hydrogen-bond donors (Lipinski definition) is 2. The van der Waals surface area contributed by atoms with Crippen LogP contribution in [0.1, 0.15) is 24.2 Å². The quantitative estimate of drug-likeness (QED) is 0.570. The summed E-state index contributed by atoms with van der Waals surface area (Å²) in [7, 11) is 0. The molecule has 74 valence electrons. The Balaban J connectivity index is 2.74. The number of carboxylic acids is 1. The van der Waals surface area contributed by atoms with Crippen molar-refractivity contribution in [1.82, 2.24) is 0 Å².